The molecule has 0 bridgehead atoms. The molecule has 8 heterocycles. The van der Waals surface area contributed by atoms with Gasteiger partial charge in [0.1, 0.15) is 11.2 Å². The standard InChI is InChI=1S/C54H32N4O.C54H32N4S/c2*1-6-18-45-41(17-1)53(56-54(55-45)35-26-29-52-44(31-35)40-16-5-10-23-51(40)59-52)33-24-27-36(28-25-33)57-46-19-7-4-15-39(46)43-30-34-12-11-22-49(42(34)32-50(43)57)58-47-20-8-2-13-37(47)38-14-3-9-21-48(38)58/h2*1-32H. The van der Waals surface area contributed by atoms with Crippen LogP contribution in [0.1, 0.15) is 0 Å². The largest absolute Gasteiger partial charge is 0.456 e. The van der Waals surface area contributed by atoms with E-state index >= 15 is 0 Å². The highest BCUT2D eigenvalue weighted by Gasteiger charge is 2.24. The second-order valence-electron chi connectivity index (χ2n) is 30.7. The molecule has 0 aliphatic carbocycles. The molecular formula is C108H64N8OS. The summed E-state index contributed by atoms with van der Waals surface area (Å²) in [6.07, 6.45) is 0. The second kappa shape index (κ2) is 26.0. The van der Waals surface area contributed by atoms with Gasteiger partial charge in [0.2, 0.25) is 0 Å². The third-order valence-corrected chi connectivity index (χ3v) is 25.4. The minimum Gasteiger partial charge on any atom is -0.456 e. The van der Waals surface area contributed by atoms with Gasteiger partial charge in [0.05, 0.1) is 77.9 Å². The number of hydrogen-bond donors (Lipinski definition) is 0. The van der Waals surface area contributed by atoms with Crippen LogP contribution in [0.3, 0.4) is 0 Å². The average molecular weight is 1520 g/mol. The summed E-state index contributed by atoms with van der Waals surface area (Å²) in [6, 6.07) is 139. The van der Waals surface area contributed by atoms with Gasteiger partial charge >= 0.3 is 0 Å². The zero-order valence-corrected chi connectivity index (χ0v) is 64.2. The van der Waals surface area contributed by atoms with Gasteiger partial charge in [-0.3, -0.25) is 0 Å². The summed E-state index contributed by atoms with van der Waals surface area (Å²) >= 11 is 1.83. The van der Waals surface area contributed by atoms with Crippen LogP contribution in [-0.2, 0) is 0 Å². The Labute approximate surface area is 678 Å². The van der Waals surface area contributed by atoms with Crippen molar-refractivity contribution in [3.05, 3.63) is 388 Å². The number of hydrogen-bond acceptors (Lipinski definition) is 6. The molecule has 0 saturated carbocycles. The predicted octanol–water partition coefficient (Wildman–Crippen LogP) is 28.9. The lowest BCUT2D eigenvalue weighted by Crippen LogP contribution is -1.97. The summed E-state index contributed by atoms with van der Waals surface area (Å²) in [5.74, 6) is 1.41. The number of aromatic nitrogens is 8. The third kappa shape index (κ3) is 10.2. The molecule has 0 amide bonds. The summed E-state index contributed by atoms with van der Waals surface area (Å²) in [7, 11) is 0. The monoisotopic (exact) mass is 1520 g/mol. The Kier molecular flexibility index (Phi) is 14.5. The van der Waals surface area contributed by atoms with Crippen LogP contribution in [0, 0.1) is 0 Å². The fraction of sp³-hybridized carbons (Fsp3) is 0. The fourth-order valence-electron chi connectivity index (χ4n) is 18.9. The van der Waals surface area contributed by atoms with Gasteiger partial charge in [-0.05, 0) is 168 Å². The van der Waals surface area contributed by atoms with E-state index in [-0.39, 0.29) is 0 Å². The van der Waals surface area contributed by atoms with E-state index in [9.17, 15) is 0 Å². The highest BCUT2D eigenvalue weighted by atomic mass is 32.1. The number of benzene rings is 18. The summed E-state index contributed by atoms with van der Waals surface area (Å²) in [4.78, 5) is 20.7. The van der Waals surface area contributed by atoms with E-state index in [0.717, 1.165) is 100 Å². The molecule has 0 aliphatic heterocycles. The lowest BCUT2D eigenvalue weighted by Gasteiger charge is -2.14. The van der Waals surface area contributed by atoms with Gasteiger partial charge in [0.25, 0.3) is 0 Å². The molecule has 118 heavy (non-hydrogen) atoms. The fourth-order valence-corrected chi connectivity index (χ4v) is 20.0. The lowest BCUT2D eigenvalue weighted by molar-refractivity contribution is 0.669. The molecule has 8 aromatic heterocycles. The molecule has 9 nitrogen and oxygen atoms in total. The van der Waals surface area contributed by atoms with Gasteiger partial charge in [-0.15, -0.1) is 11.3 Å². The number of fused-ring (bicyclic) bond motifs is 22. The second-order valence-corrected chi connectivity index (χ2v) is 31.8. The quantitative estimate of drug-likeness (QED) is 0.151. The van der Waals surface area contributed by atoms with E-state index in [4.69, 9.17) is 24.4 Å². The van der Waals surface area contributed by atoms with E-state index in [1.54, 1.807) is 0 Å². The molecule has 0 N–H and O–H groups in total. The van der Waals surface area contributed by atoms with Crippen molar-refractivity contribution < 1.29 is 4.42 Å². The Morgan fingerprint density at radius 1 is 0.203 bits per heavy atom. The molecule has 0 unspecified atom stereocenters. The molecule has 0 saturated heterocycles. The lowest BCUT2D eigenvalue weighted by atomic mass is 10.0. The van der Waals surface area contributed by atoms with Gasteiger partial charge in [-0.1, -0.05) is 231 Å². The smallest absolute Gasteiger partial charge is 0.160 e. The summed E-state index contributed by atoms with van der Waals surface area (Å²) < 4.78 is 18.4. The molecule has 0 aliphatic rings. The van der Waals surface area contributed by atoms with Crippen LogP contribution in [0.25, 0.3) is 241 Å². The van der Waals surface area contributed by atoms with E-state index < -0.39 is 0 Å². The summed E-state index contributed by atoms with van der Waals surface area (Å²) in [6.45, 7) is 0. The van der Waals surface area contributed by atoms with E-state index in [0.29, 0.717) is 5.82 Å². The number of nitrogens with zero attached hydrogens (tertiary/aromatic N) is 8. The third-order valence-electron chi connectivity index (χ3n) is 24.2. The number of para-hydroxylation sites is 9. The van der Waals surface area contributed by atoms with Gasteiger partial charge < -0.3 is 22.7 Å². The highest BCUT2D eigenvalue weighted by molar-refractivity contribution is 7.25. The Balaban J connectivity index is 0.000000131. The van der Waals surface area contributed by atoms with Crippen molar-refractivity contribution in [1.82, 2.24) is 38.2 Å². The van der Waals surface area contributed by atoms with Gasteiger partial charge in [0, 0.05) is 129 Å². The van der Waals surface area contributed by atoms with E-state index in [1.165, 1.54) is 135 Å². The molecule has 18 aromatic carbocycles. The van der Waals surface area contributed by atoms with Crippen molar-refractivity contribution in [3.8, 4) is 68.0 Å². The van der Waals surface area contributed by atoms with Crippen molar-refractivity contribution in [2.24, 2.45) is 0 Å². The van der Waals surface area contributed by atoms with Gasteiger partial charge in [-0.25, -0.2) is 19.9 Å². The summed E-state index contributed by atoms with van der Waals surface area (Å²) in [5.41, 5.74) is 23.5. The molecule has 548 valence electrons. The van der Waals surface area contributed by atoms with Crippen LogP contribution in [0.15, 0.2) is 393 Å². The first-order chi connectivity index (χ1) is 58.5. The molecule has 26 rings (SSSR count). The van der Waals surface area contributed by atoms with Crippen LogP contribution in [-0.4, -0.2) is 38.2 Å². The van der Waals surface area contributed by atoms with Crippen LogP contribution in [0.5, 0.6) is 0 Å². The SMILES string of the molecule is c1cc(-n2c3ccccc3c3ccccc32)c2cc3c(cc2c1)c1ccccc1n3-c1ccc(-c2nc(-c3ccc4oc5ccccc5c4c3)nc3ccccc23)cc1.c1cc(-n2c3ccccc3c3ccccc32)c2cc3c(cc2c1)c1ccccc1n3-c1ccc(-c2nc(-c3ccc4sc5ccccc5c4c3)nc3ccccc23)cc1. The van der Waals surface area contributed by atoms with E-state index in [1.807, 2.05) is 41.7 Å². The van der Waals surface area contributed by atoms with Crippen molar-refractivity contribution >= 4 is 184 Å². The predicted molar refractivity (Wildman–Crippen MR) is 493 cm³/mol. The molecule has 0 spiro atoms. The van der Waals surface area contributed by atoms with Crippen molar-refractivity contribution in [2.45, 2.75) is 0 Å². The molecular weight excluding hydrogens is 1460 g/mol. The molecule has 26 aromatic rings. The van der Waals surface area contributed by atoms with Crippen LogP contribution in [0.2, 0.25) is 0 Å². The highest BCUT2D eigenvalue weighted by Crippen LogP contribution is 2.45. The van der Waals surface area contributed by atoms with E-state index in [2.05, 4.69) is 376 Å². The Hall–Kier alpha value is -15.6. The molecule has 0 fully saturated rings. The minimum absolute atomic E-state index is 0.684. The summed E-state index contributed by atoms with van der Waals surface area (Å²) in [5, 5.41) is 21.5. The normalized spacial score (nSPS) is 12.1. The van der Waals surface area contributed by atoms with Gasteiger partial charge in [0.15, 0.2) is 11.6 Å². The number of furan rings is 1. The van der Waals surface area contributed by atoms with Gasteiger partial charge in [-0.2, -0.15) is 0 Å². The number of thiophene rings is 1. The molecule has 10 heteroatoms. The first kappa shape index (κ1) is 65.9. The van der Waals surface area contributed by atoms with Crippen LogP contribution >= 0.6 is 11.3 Å². The average Bonchev–Trinajstić information content (AvgIpc) is 1.56. The first-order valence-corrected chi connectivity index (χ1v) is 40.8. The topological polar surface area (TPSA) is 84.4 Å². The van der Waals surface area contributed by atoms with Crippen molar-refractivity contribution in [3.63, 3.8) is 0 Å². The zero-order valence-electron chi connectivity index (χ0n) is 63.3. The number of rotatable bonds is 8. The Morgan fingerprint density at radius 2 is 0.559 bits per heavy atom. The maximum atomic E-state index is 6.13. The molecule has 0 atom stereocenters. The first-order valence-electron chi connectivity index (χ1n) is 40.0. The zero-order chi connectivity index (χ0) is 77.2. The van der Waals surface area contributed by atoms with Crippen LogP contribution in [0.4, 0.5) is 0 Å². The Morgan fingerprint density at radius 3 is 1.03 bits per heavy atom. The minimum atomic E-state index is 0.684. The van der Waals surface area contributed by atoms with Crippen LogP contribution < -0.4 is 0 Å². The molecule has 0 radical (unpaired) electrons. The Bertz CT molecular complexity index is 8100. The van der Waals surface area contributed by atoms with Crippen molar-refractivity contribution in [2.75, 3.05) is 0 Å². The maximum Gasteiger partial charge on any atom is 0.160 e. The maximum absolute atomic E-state index is 6.13. The van der Waals surface area contributed by atoms with Crippen molar-refractivity contribution in [1.29, 1.82) is 0 Å².